The third kappa shape index (κ3) is 3.12. The number of halogens is 2. The molecule has 0 aromatic heterocycles. The van der Waals surface area contributed by atoms with Crippen molar-refractivity contribution in [3.05, 3.63) is 33.8 Å². The predicted molar refractivity (Wildman–Crippen MR) is 67.4 cm³/mol. The minimum atomic E-state index is -0.952. The van der Waals surface area contributed by atoms with Crippen molar-refractivity contribution < 1.29 is 15.0 Å². The third-order valence-electron chi connectivity index (χ3n) is 2.98. The maximum absolute atomic E-state index is 10.9. The summed E-state index contributed by atoms with van der Waals surface area (Å²) in [7, 11) is 0. The lowest BCUT2D eigenvalue weighted by Gasteiger charge is -2.23. The van der Waals surface area contributed by atoms with Crippen molar-refractivity contribution in [1.29, 1.82) is 0 Å². The molecule has 0 saturated heterocycles. The molecule has 0 amide bonds. The summed E-state index contributed by atoms with van der Waals surface area (Å²) in [4.78, 5) is 10.9. The number of aliphatic hydroxyl groups excluding tert-OH is 1. The number of carbonyl (C=O) groups is 1. The molecular formula is C12H14Cl2O3. The maximum atomic E-state index is 10.9. The van der Waals surface area contributed by atoms with Crippen LogP contribution in [-0.2, 0) is 4.79 Å². The van der Waals surface area contributed by atoms with Crippen molar-refractivity contribution in [2.45, 2.75) is 20.0 Å². The number of hydrogen-bond acceptors (Lipinski definition) is 2. The van der Waals surface area contributed by atoms with E-state index in [1.54, 1.807) is 32.0 Å². The van der Waals surface area contributed by atoms with Crippen LogP contribution in [0.4, 0.5) is 0 Å². The van der Waals surface area contributed by atoms with Gasteiger partial charge in [0, 0.05) is 5.56 Å². The van der Waals surface area contributed by atoms with Crippen LogP contribution in [0.5, 0.6) is 0 Å². The highest BCUT2D eigenvalue weighted by atomic mass is 35.5. The Morgan fingerprint density at radius 2 is 1.88 bits per heavy atom. The first-order valence-corrected chi connectivity index (χ1v) is 5.96. The van der Waals surface area contributed by atoms with Crippen LogP contribution in [0.15, 0.2) is 18.2 Å². The van der Waals surface area contributed by atoms with Crippen LogP contribution in [0, 0.1) is 11.8 Å². The lowest BCUT2D eigenvalue weighted by molar-refractivity contribution is -0.144. The summed E-state index contributed by atoms with van der Waals surface area (Å²) in [6, 6.07) is 4.93. The first-order chi connectivity index (χ1) is 7.86. The second kappa shape index (κ2) is 5.71. The van der Waals surface area contributed by atoms with E-state index in [0.29, 0.717) is 10.6 Å². The monoisotopic (exact) mass is 276 g/mol. The standard InChI is InChI=1S/C12H14Cl2O3/c1-6(7(2)12(16)17)11(15)8-4-3-5-9(13)10(8)14/h3-7,11,15H,1-2H3,(H,16,17). The Kier molecular flexibility index (Phi) is 4.80. The van der Waals surface area contributed by atoms with Crippen molar-refractivity contribution >= 4 is 29.2 Å². The molecule has 0 fully saturated rings. The van der Waals surface area contributed by atoms with Gasteiger partial charge in [-0.05, 0) is 12.0 Å². The van der Waals surface area contributed by atoms with Crippen molar-refractivity contribution in [2.75, 3.05) is 0 Å². The van der Waals surface area contributed by atoms with Gasteiger partial charge >= 0.3 is 5.97 Å². The zero-order valence-electron chi connectivity index (χ0n) is 9.52. The average Bonchev–Trinajstić information content (AvgIpc) is 2.29. The van der Waals surface area contributed by atoms with Gasteiger partial charge in [0.05, 0.1) is 22.1 Å². The molecule has 0 saturated carbocycles. The maximum Gasteiger partial charge on any atom is 0.306 e. The molecule has 3 nitrogen and oxygen atoms in total. The molecule has 0 aliphatic rings. The fourth-order valence-electron chi connectivity index (χ4n) is 1.53. The zero-order chi connectivity index (χ0) is 13.2. The summed E-state index contributed by atoms with van der Waals surface area (Å²) in [5.74, 6) is -2.07. The van der Waals surface area contributed by atoms with E-state index in [1.165, 1.54) is 0 Å². The van der Waals surface area contributed by atoms with Gasteiger partial charge in [-0.25, -0.2) is 0 Å². The Morgan fingerprint density at radius 1 is 1.29 bits per heavy atom. The summed E-state index contributed by atoms with van der Waals surface area (Å²) >= 11 is 11.8. The molecule has 3 atom stereocenters. The predicted octanol–water partition coefficient (Wildman–Crippen LogP) is 3.38. The van der Waals surface area contributed by atoms with Crippen molar-refractivity contribution in [2.24, 2.45) is 11.8 Å². The SMILES string of the molecule is CC(C(=O)O)C(C)C(O)c1cccc(Cl)c1Cl. The molecule has 3 unspecified atom stereocenters. The van der Waals surface area contributed by atoms with E-state index < -0.39 is 23.9 Å². The Labute approximate surface area is 110 Å². The topological polar surface area (TPSA) is 57.5 Å². The first kappa shape index (κ1) is 14.3. The number of benzene rings is 1. The smallest absolute Gasteiger partial charge is 0.306 e. The number of aliphatic hydroxyl groups is 1. The summed E-state index contributed by atoms with van der Waals surface area (Å²) < 4.78 is 0. The quantitative estimate of drug-likeness (QED) is 0.886. The zero-order valence-corrected chi connectivity index (χ0v) is 11.0. The van der Waals surface area contributed by atoms with E-state index in [4.69, 9.17) is 28.3 Å². The third-order valence-corrected chi connectivity index (χ3v) is 3.81. The number of carboxylic acids is 1. The van der Waals surface area contributed by atoms with Crippen LogP contribution >= 0.6 is 23.2 Å². The van der Waals surface area contributed by atoms with Gasteiger partial charge in [-0.1, -0.05) is 49.2 Å². The highest BCUT2D eigenvalue weighted by Crippen LogP contribution is 2.35. The molecule has 94 valence electrons. The van der Waals surface area contributed by atoms with Crippen molar-refractivity contribution in [3.8, 4) is 0 Å². The van der Waals surface area contributed by atoms with E-state index >= 15 is 0 Å². The molecule has 1 aromatic rings. The number of rotatable bonds is 4. The molecule has 1 rings (SSSR count). The molecular weight excluding hydrogens is 263 g/mol. The molecule has 17 heavy (non-hydrogen) atoms. The van der Waals surface area contributed by atoms with Crippen LogP contribution in [0.2, 0.25) is 10.0 Å². The second-order valence-corrected chi connectivity index (χ2v) is 4.86. The van der Waals surface area contributed by atoms with Gasteiger partial charge < -0.3 is 10.2 Å². The number of aliphatic carboxylic acids is 1. The van der Waals surface area contributed by atoms with E-state index in [9.17, 15) is 9.90 Å². The minimum absolute atomic E-state index is 0.270. The number of carboxylic acid groups (broad SMARTS) is 1. The highest BCUT2D eigenvalue weighted by Gasteiger charge is 2.28. The lowest BCUT2D eigenvalue weighted by Crippen LogP contribution is -2.24. The molecule has 0 heterocycles. The Hall–Kier alpha value is -0.770. The van der Waals surface area contributed by atoms with Gasteiger partial charge in [-0.3, -0.25) is 4.79 Å². The molecule has 0 bridgehead atoms. The summed E-state index contributed by atoms with van der Waals surface area (Å²) in [6.07, 6.45) is -0.952. The van der Waals surface area contributed by atoms with Crippen LogP contribution in [0.1, 0.15) is 25.5 Å². The van der Waals surface area contributed by atoms with E-state index in [2.05, 4.69) is 0 Å². The fraction of sp³-hybridized carbons (Fsp3) is 0.417. The van der Waals surface area contributed by atoms with Crippen LogP contribution < -0.4 is 0 Å². The van der Waals surface area contributed by atoms with E-state index in [0.717, 1.165) is 0 Å². The Balaban J connectivity index is 3.00. The molecule has 5 heteroatoms. The van der Waals surface area contributed by atoms with Gasteiger partial charge in [0.2, 0.25) is 0 Å². The summed E-state index contributed by atoms with van der Waals surface area (Å²) in [6.45, 7) is 3.22. The van der Waals surface area contributed by atoms with Crippen molar-refractivity contribution in [3.63, 3.8) is 0 Å². The highest BCUT2D eigenvalue weighted by molar-refractivity contribution is 6.42. The molecule has 0 aliphatic heterocycles. The van der Waals surface area contributed by atoms with Gasteiger partial charge in [-0.15, -0.1) is 0 Å². The minimum Gasteiger partial charge on any atom is -0.481 e. The molecule has 0 radical (unpaired) electrons. The van der Waals surface area contributed by atoms with Gasteiger partial charge in [0.1, 0.15) is 0 Å². The summed E-state index contributed by atoms with van der Waals surface area (Å²) in [5.41, 5.74) is 0.458. The van der Waals surface area contributed by atoms with Gasteiger partial charge in [0.15, 0.2) is 0 Å². The van der Waals surface area contributed by atoms with Crippen molar-refractivity contribution in [1.82, 2.24) is 0 Å². The lowest BCUT2D eigenvalue weighted by atomic mass is 9.87. The Bertz CT molecular complexity index is 420. The van der Waals surface area contributed by atoms with Crippen LogP contribution in [0.25, 0.3) is 0 Å². The summed E-state index contributed by atoms with van der Waals surface area (Å²) in [5, 5.41) is 19.6. The van der Waals surface area contributed by atoms with Crippen LogP contribution in [-0.4, -0.2) is 16.2 Å². The van der Waals surface area contributed by atoms with E-state index in [1.807, 2.05) is 0 Å². The second-order valence-electron chi connectivity index (χ2n) is 4.07. The van der Waals surface area contributed by atoms with Crippen LogP contribution in [0.3, 0.4) is 0 Å². The first-order valence-electron chi connectivity index (χ1n) is 5.21. The van der Waals surface area contributed by atoms with Gasteiger partial charge in [0.25, 0.3) is 0 Å². The van der Waals surface area contributed by atoms with Gasteiger partial charge in [-0.2, -0.15) is 0 Å². The Morgan fingerprint density at radius 3 is 2.41 bits per heavy atom. The fourth-order valence-corrected chi connectivity index (χ4v) is 1.95. The van der Waals surface area contributed by atoms with E-state index in [-0.39, 0.29) is 5.02 Å². The molecule has 2 N–H and O–H groups in total. The normalized spacial score (nSPS) is 16.3. The number of hydrogen-bond donors (Lipinski definition) is 2. The molecule has 1 aromatic carbocycles. The average molecular weight is 277 g/mol. The largest absolute Gasteiger partial charge is 0.481 e. The molecule has 0 aliphatic carbocycles. The molecule has 0 spiro atoms.